The van der Waals surface area contributed by atoms with Crippen LogP contribution in [0.3, 0.4) is 0 Å². The van der Waals surface area contributed by atoms with Crippen LogP contribution in [0.15, 0.2) is 48.5 Å². The van der Waals surface area contributed by atoms with Gasteiger partial charge in [-0.25, -0.2) is 0 Å². The number of carbonyl (C=O) groups excluding carboxylic acids is 1. The van der Waals surface area contributed by atoms with Gasteiger partial charge in [0.1, 0.15) is 12.3 Å². The molecule has 2 aromatic heterocycles. The first kappa shape index (κ1) is 19.9. The minimum absolute atomic E-state index is 0.00991. The van der Waals surface area contributed by atoms with E-state index in [9.17, 15) is 4.79 Å². The van der Waals surface area contributed by atoms with Gasteiger partial charge in [-0.3, -0.25) is 4.79 Å². The molecule has 7 nitrogen and oxygen atoms in total. The van der Waals surface area contributed by atoms with E-state index in [0.29, 0.717) is 6.54 Å². The van der Waals surface area contributed by atoms with Gasteiger partial charge in [0.2, 0.25) is 0 Å². The van der Waals surface area contributed by atoms with Crippen LogP contribution in [0.2, 0.25) is 0 Å². The van der Waals surface area contributed by atoms with Gasteiger partial charge in [-0.05, 0) is 31.8 Å². The molecule has 1 N–H and O–H groups in total. The molecule has 7 heteroatoms. The smallest absolute Gasteiger partial charge is 0.252 e. The highest BCUT2D eigenvalue weighted by Gasteiger charge is 2.46. The monoisotopic (exact) mass is 466 g/mol. The highest BCUT2D eigenvalue weighted by molar-refractivity contribution is 6.30. The first-order valence-corrected chi connectivity index (χ1v) is 12.2. The van der Waals surface area contributed by atoms with Crippen LogP contribution >= 0.6 is 0 Å². The number of nitrogens with zero attached hydrogens (tertiary/aromatic N) is 3. The summed E-state index contributed by atoms with van der Waals surface area (Å²) in [5, 5.41) is 7.57. The molecule has 2 unspecified atom stereocenters. The second-order valence-electron chi connectivity index (χ2n) is 10.2. The summed E-state index contributed by atoms with van der Waals surface area (Å²) in [5.41, 5.74) is 6.35. The summed E-state index contributed by atoms with van der Waals surface area (Å²) in [6.45, 7) is 0.539. The van der Waals surface area contributed by atoms with E-state index in [1.54, 1.807) is 7.11 Å². The lowest BCUT2D eigenvalue weighted by atomic mass is 9.97. The van der Waals surface area contributed by atoms with Crippen molar-refractivity contribution in [2.45, 2.75) is 37.6 Å². The zero-order valence-electron chi connectivity index (χ0n) is 19.9. The van der Waals surface area contributed by atoms with Gasteiger partial charge in [-0.15, -0.1) is 0 Å². The van der Waals surface area contributed by atoms with Crippen molar-refractivity contribution in [3.05, 3.63) is 59.7 Å². The molecule has 5 heterocycles. The lowest BCUT2D eigenvalue weighted by molar-refractivity contribution is -0.205. The number of para-hydroxylation sites is 2. The number of nitrogens with one attached hydrogen (secondary N) is 1. The zero-order valence-corrected chi connectivity index (χ0v) is 19.9. The molecule has 8 rings (SSSR count). The van der Waals surface area contributed by atoms with E-state index in [2.05, 4.69) is 82.0 Å². The minimum atomic E-state index is -0.293. The summed E-state index contributed by atoms with van der Waals surface area (Å²) in [4.78, 5) is 15.6. The fourth-order valence-corrected chi connectivity index (χ4v) is 7.05. The molecule has 4 atom stereocenters. The number of aromatic nitrogens is 2. The molecule has 2 bridgehead atoms. The fraction of sp³-hybridized carbons (Fsp3) is 0.321. The molecule has 0 saturated carbocycles. The SMILES string of the molecule is CO[C@H]1C2OC(C[C@H]1N(C)C)n1c3ccccc3c3c4c(c5c6ccccc6n2c5c31)CNC4=O. The molecule has 5 aromatic rings. The Morgan fingerprint density at radius 2 is 1.63 bits per heavy atom. The third kappa shape index (κ3) is 2.25. The maximum atomic E-state index is 13.3. The number of fused-ring (bicyclic) bond motifs is 13. The normalized spacial score (nSPS) is 25.3. The number of amides is 1. The second-order valence-corrected chi connectivity index (χ2v) is 10.2. The third-order valence-electron chi connectivity index (χ3n) is 8.43. The number of carbonyl (C=O) groups is 1. The van der Waals surface area contributed by atoms with E-state index < -0.39 is 0 Å². The quantitative estimate of drug-likeness (QED) is 0.416. The molecule has 3 aliphatic rings. The van der Waals surface area contributed by atoms with Crippen LogP contribution in [0.4, 0.5) is 0 Å². The standard InChI is InChI=1S/C28H26N4O3/c1-30(2)19-12-20-31-17-10-6-5-9-15(17)22-23-16(13-29-27(23)33)21-14-8-4-7-11-18(14)32(24(21)25(22)31)28(35-20)26(19)34-3/h4-11,19-20,26,28H,12-13H2,1-3H3,(H,29,33)/t19-,20?,26-,28?/m1/s1. The molecular formula is C28H26N4O3. The number of likely N-dealkylation sites (N-methyl/N-ethyl adjacent to an activating group) is 1. The Balaban J connectivity index is 1.68. The summed E-state index contributed by atoms with van der Waals surface area (Å²) in [6.07, 6.45) is 0.187. The maximum absolute atomic E-state index is 13.3. The molecule has 3 aromatic carbocycles. The van der Waals surface area contributed by atoms with Gasteiger partial charge < -0.3 is 28.8 Å². The molecule has 0 spiro atoms. The van der Waals surface area contributed by atoms with E-state index in [4.69, 9.17) is 9.47 Å². The number of hydrogen-bond acceptors (Lipinski definition) is 4. The zero-order chi connectivity index (χ0) is 23.6. The second kappa shape index (κ2) is 6.63. The van der Waals surface area contributed by atoms with E-state index in [-0.39, 0.29) is 30.5 Å². The number of methoxy groups -OCH3 is 1. The first-order chi connectivity index (χ1) is 17.1. The van der Waals surface area contributed by atoms with Gasteiger partial charge in [0, 0.05) is 47.7 Å². The van der Waals surface area contributed by atoms with Crippen LogP contribution in [0.25, 0.3) is 43.6 Å². The Kier molecular flexibility index (Phi) is 3.77. The van der Waals surface area contributed by atoms with Gasteiger partial charge in [0.25, 0.3) is 5.91 Å². The lowest BCUT2D eigenvalue weighted by Gasteiger charge is -2.44. The maximum Gasteiger partial charge on any atom is 0.252 e. The van der Waals surface area contributed by atoms with E-state index in [1.165, 1.54) is 0 Å². The van der Waals surface area contributed by atoms with Crippen molar-refractivity contribution in [1.82, 2.24) is 19.4 Å². The van der Waals surface area contributed by atoms with Gasteiger partial charge in [0.15, 0.2) is 6.23 Å². The van der Waals surface area contributed by atoms with Gasteiger partial charge in [0.05, 0.1) is 27.6 Å². The van der Waals surface area contributed by atoms with Gasteiger partial charge >= 0.3 is 0 Å². The van der Waals surface area contributed by atoms with Crippen LogP contribution in [0.1, 0.15) is 34.8 Å². The predicted molar refractivity (Wildman–Crippen MR) is 136 cm³/mol. The molecule has 0 radical (unpaired) electrons. The Morgan fingerprint density at radius 3 is 2.34 bits per heavy atom. The van der Waals surface area contributed by atoms with Crippen LogP contribution < -0.4 is 5.32 Å². The summed E-state index contributed by atoms with van der Waals surface area (Å²) < 4.78 is 17.8. The van der Waals surface area contributed by atoms with Crippen molar-refractivity contribution in [1.29, 1.82) is 0 Å². The van der Waals surface area contributed by atoms with Crippen LogP contribution in [0.5, 0.6) is 0 Å². The van der Waals surface area contributed by atoms with Crippen molar-refractivity contribution in [3.8, 4) is 0 Å². The van der Waals surface area contributed by atoms with E-state index in [1.807, 2.05) is 0 Å². The molecule has 1 amide bonds. The number of hydrogen-bond donors (Lipinski definition) is 1. The summed E-state index contributed by atoms with van der Waals surface area (Å²) in [7, 11) is 6.02. The highest BCUT2D eigenvalue weighted by atomic mass is 16.6. The predicted octanol–water partition coefficient (Wildman–Crippen LogP) is 4.52. The Morgan fingerprint density at radius 1 is 0.971 bits per heavy atom. The summed E-state index contributed by atoms with van der Waals surface area (Å²) in [6, 6.07) is 17.1. The van der Waals surface area contributed by atoms with Crippen molar-refractivity contribution < 1.29 is 14.3 Å². The average molecular weight is 467 g/mol. The Bertz CT molecular complexity index is 1730. The average Bonchev–Trinajstić information content (AvgIpc) is 3.50. The molecular weight excluding hydrogens is 440 g/mol. The van der Waals surface area contributed by atoms with Gasteiger partial charge in [-0.1, -0.05) is 36.4 Å². The van der Waals surface area contributed by atoms with Gasteiger partial charge in [-0.2, -0.15) is 0 Å². The van der Waals surface area contributed by atoms with E-state index >= 15 is 0 Å². The van der Waals surface area contributed by atoms with Crippen molar-refractivity contribution in [3.63, 3.8) is 0 Å². The molecule has 3 aliphatic heterocycles. The number of ether oxygens (including phenoxy) is 2. The van der Waals surface area contributed by atoms with Crippen LogP contribution in [-0.2, 0) is 16.0 Å². The van der Waals surface area contributed by atoms with Crippen LogP contribution in [-0.4, -0.2) is 53.3 Å². The summed E-state index contributed by atoms with van der Waals surface area (Å²) >= 11 is 0. The van der Waals surface area contributed by atoms with E-state index in [0.717, 1.165) is 61.2 Å². The largest absolute Gasteiger partial charge is 0.375 e. The molecule has 0 aliphatic carbocycles. The minimum Gasteiger partial charge on any atom is -0.375 e. The fourth-order valence-electron chi connectivity index (χ4n) is 7.05. The Labute approximate surface area is 201 Å². The third-order valence-corrected chi connectivity index (χ3v) is 8.43. The molecule has 176 valence electrons. The first-order valence-electron chi connectivity index (χ1n) is 12.2. The van der Waals surface area contributed by atoms with Crippen molar-refractivity contribution in [2.24, 2.45) is 0 Å². The summed E-state index contributed by atoms with van der Waals surface area (Å²) in [5.74, 6) is 0.00991. The number of benzene rings is 3. The molecule has 1 fully saturated rings. The lowest BCUT2D eigenvalue weighted by Crippen LogP contribution is -2.50. The molecule has 1 saturated heterocycles. The van der Waals surface area contributed by atoms with Crippen molar-refractivity contribution >= 4 is 49.5 Å². The van der Waals surface area contributed by atoms with Crippen molar-refractivity contribution in [2.75, 3.05) is 21.2 Å². The Hall–Kier alpha value is -3.39. The van der Waals surface area contributed by atoms with Crippen LogP contribution in [0, 0.1) is 0 Å². The number of rotatable bonds is 2. The topological polar surface area (TPSA) is 60.7 Å². The highest BCUT2D eigenvalue weighted by Crippen LogP contribution is 2.52. The molecule has 35 heavy (non-hydrogen) atoms.